The number of aliphatic imine (C=N–C) groups is 1. The number of hydrogen-bond donors (Lipinski definition) is 3. The lowest BCUT2D eigenvalue weighted by Crippen LogP contribution is -2.42. The highest BCUT2D eigenvalue weighted by Crippen LogP contribution is 2.09. The molecule has 1 saturated heterocycles. The summed E-state index contributed by atoms with van der Waals surface area (Å²) in [5.41, 5.74) is 5.79. The number of nitrogens with zero attached hydrogens (tertiary/aromatic N) is 1. The van der Waals surface area contributed by atoms with Crippen molar-refractivity contribution in [2.75, 3.05) is 13.1 Å². The number of hydrogen-bond acceptors (Lipinski definition) is 3. The summed E-state index contributed by atoms with van der Waals surface area (Å²) in [6.07, 6.45) is 3.51. The van der Waals surface area contributed by atoms with Crippen molar-refractivity contribution in [2.45, 2.75) is 31.7 Å². The van der Waals surface area contributed by atoms with Crippen LogP contribution in [0.5, 0.6) is 0 Å². The molecule has 2 heterocycles. The molecule has 0 bridgehead atoms. The van der Waals surface area contributed by atoms with E-state index in [0.717, 1.165) is 25.8 Å². The van der Waals surface area contributed by atoms with Crippen molar-refractivity contribution in [3.63, 3.8) is 0 Å². The van der Waals surface area contributed by atoms with Crippen molar-refractivity contribution in [1.82, 2.24) is 10.6 Å². The lowest BCUT2D eigenvalue weighted by molar-refractivity contribution is -0.123. The van der Waals surface area contributed by atoms with Gasteiger partial charge in [0.15, 0.2) is 5.96 Å². The van der Waals surface area contributed by atoms with Crippen LogP contribution >= 0.6 is 35.3 Å². The maximum absolute atomic E-state index is 11.2. The van der Waals surface area contributed by atoms with Gasteiger partial charge in [-0.15, -0.1) is 35.3 Å². The second-order valence-corrected chi connectivity index (χ2v) is 5.67. The molecule has 2 rings (SSSR count). The molecule has 4 N–H and O–H groups in total. The summed E-state index contributed by atoms with van der Waals surface area (Å²) in [4.78, 5) is 16.8. The van der Waals surface area contributed by atoms with Gasteiger partial charge in [0.1, 0.15) is 0 Å². The third kappa shape index (κ3) is 6.08. The number of amides is 1. The Morgan fingerprint density at radius 3 is 3.15 bits per heavy atom. The number of rotatable bonds is 5. The van der Waals surface area contributed by atoms with Crippen LogP contribution in [0.1, 0.15) is 24.1 Å². The highest BCUT2D eigenvalue weighted by atomic mass is 127. The van der Waals surface area contributed by atoms with Gasteiger partial charge in [0.25, 0.3) is 0 Å². The van der Waals surface area contributed by atoms with Crippen LogP contribution in [0.2, 0.25) is 0 Å². The topological polar surface area (TPSA) is 79.5 Å². The molecular formula is C13H21IN4OS. The standard InChI is InChI=1S/C13H20N4OS.HI/c14-13(15-7-6-11-4-2-8-19-11)16-9-10-3-1-5-12(18)17-10;/h2,4,8,10H,1,3,5-7,9H2,(H,17,18)(H3,14,15,16);1H. The smallest absolute Gasteiger partial charge is 0.220 e. The van der Waals surface area contributed by atoms with Crippen molar-refractivity contribution in [2.24, 2.45) is 10.7 Å². The van der Waals surface area contributed by atoms with Crippen LogP contribution in [0.3, 0.4) is 0 Å². The average molecular weight is 408 g/mol. The third-order valence-corrected chi connectivity index (χ3v) is 4.00. The van der Waals surface area contributed by atoms with Gasteiger partial charge in [0, 0.05) is 23.9 Å². The minimum absolute atomic E-state index is 0. The normalized spacial score (nSPS) is 19.1. The average Bonchev–Trinajstić information content (AvgIpc) is 2.90. The first kappa shape index (κ1) is 17.2. The Morgan fingerprint density at radius 1 is 1.60 bits per heavy atom. The van der Waals surface area contributed by atoms with E-state index in [0.29, 0.717) is 18.9 Å². The van der Waals surface area contributed by atoms with Crippen molar-refractivity contribution < 1.29 is 4.79 Å². The lowest BCUT2D eigenvalue weighted by atomic mass is 10.0. The Balaban J connectivity index is 0.00000200. The third-order valence-electron chi connectivity index (χ3n) is 3.06. The van der Waals surface area contributed by atoms with Crippen LogP contribution in [-0.4, -0.2) is 31.0 Å². The van der Waals surface area contributed by atoms with E-state index in [2.05, 4.69) is 27.1 Å². The van der Waals surface area contributed by atoms with E-state index in [1.807, 2.05) is 6.07 Å². The quantitative estimate of drug-likeness (QED) is 0.392. The van der Waals surface area contributed by atoms with Gasteiger partial charge in [0.05, 0.1) is 6.54 Å². The molecule has 0 radical (unpaired) electrons. The molecule has 5 nitrogen and oxygen atoms in total. The van der Waals surface area contributed by atoms with Gasteiger partial charge in [-0.25, -0.2) is 0 Å². The summed E-state index contributed by atoms with van der Waals surface area (Å²) >= 11 is 1.74. The largest absolute Gasteiger partial charge is 0.370 e. The molecule has 0 saturated carbocycles. The molecule has 112 valence electrons. The highest BCUT2D eigenvalue weighted by Gasteiger charge is 2.17. The van der Waals surface area contributed by atoms with E-state index < -0.39 is 0 Å². The maximum Gasteiger partial charge on any atom is 0.220 e. The Hall–Kier alpha value is -0.830. The number of carbonyl (C=O) groups excluding carboxylic acids is 1. The van der Waals surface area contributed by atoms with Gasteiger partial charge in [-0.1, -0.05) is 6.07 Å². The fourth-order valence-corrected chi connectivity index (χ4v) is 2.76. The van der Waals surface area contributed by atoms with Crippen LogP contribution in [0.25, 0.3) is 0 Å². The zero-order chi connectivity index (χ0) is 13.5. The van der Waals surface area contributed by atoms with Gasteiger partial charge >= 0.3 is 0 Å². The summed E-state index contributed by atoms with van der Waals surface area (Å²) in [5.74, 6) is 0.576. The monoisotopic (exact) mass is 408 g/mol. The van der Waals surface area contributed by atoms with Gasteiger partial charge < -0.3 is 16.4 Å². The number of nitrogens with one attached hydrogen (secondary N) is 2. The van der Waals surface area contributed by atoms with E-state index in [9.17, 15) is 4.79 Å². The molecule has 1 amide bonds. The van der Waals surface area contributed by atoms with Gasteiger partial charge in [-0.3, -0.25) is 9.79 Å². The van der Waals surface area contributed by atoms with E-state index in [1.54, 1.807) is 11.3 Å². The van der Waals surface area contributed by atoms with Crippen LogP contribution < -0.4 is 16.4 Å². The number of guanidine groups is 1. The van der Waals surface area contributed by atoms with E-state index in [4.69, 9.17) is 5.73 Å². The van der Waals surface area contributed by atoms with Gasteiger partial charge in [0.2, 0.25) is 5.91 Å². The molecule has 0 aromatic carbocycles. The van der Waals surface area contributed by atoms with Crippen molar-refractivity contribution >= 4 is 47.2 Å². The molecule has 1 fully saturated rings. The second-order valence-electron chi connectivity index (χ2n) is 4.64. The first-order valence-corrected chi connectivity index (χ1v) is 7.47. The Labute approximate surface area is 140 Å². The molecule has 0 aliphatic carbocycles. The minimum atomic E-state index is 0. The molecule has 1 aliphatic rings. The SMILES string of the molecule is I.NC(=NCC1CCCC(=O)N1)NCCc1cccs1. The van der Waals surface area contributed by atoms with Crippen LogP contribution in [0.15, 0.2) is 22.5 Å². The lowest BCUT2D eigenvalue weighted by Gasteiger charge is -2.21. The molecule has 1 aromatic heterocycles. The molecule has 20 heavy (non-hydrogen) atoms. The zero-order valence-electron chi connectivity index (χ0n) is 11.3. The second kappa shape index (κ2) is 9.17. The predicted octanol–water partition coefficient (Wildman–Crippen LogP) is 1.48. The molecule has 1 aromatic rings. The summed E-state index contributed by atoms with van der Waals surface area (Å²) in [6.45, 7) is 1.34. The van der Waals surface area contributed by atoms with E-state index in [1.165, 1.54) is 4.88 Å². The molecule has 7 heteroatoms. The van der Waals surface area contributed by atoms with Crippen molar-refractivity contribution in [3.05, 3.63) is 22.4 Å². The van der Waals surface area contributed by atoms with Crippen LogP contribution in [-0.2, 0) is 11.2 Å². The number of thiophene rings is 1. The molecule has 1 aliphatic heterocycles. The minimum Gasteiger partial charge on any atom is -0.370 e. The Kier molecular flexibility index (Phi) is 7.90. The number of piperidine rings is 1. The van der Waals surface area contributed by atoms with Gasteiger partial charge in [-0.05, 0) is 30.7 Å². The fraction of sp³-hybridized carbons (Fsp3) is 0.538. The fourth-order valence-electron chi connectivity index (χ4n) is 2.05. The molecule has 1 atom stereocenters. The molecule has 1 unspecified atom stereocenters. The van der Waals surface area contributed by atoms with Crippen LogP contribution in [0.4, 0.5) is 0 Å². The summed E-state index contributed by atoms with van der Waals surface area (Å²) in [5, 5.41) is 8.08. The Bertz CT molecular complexity index is 436. The maximum atomic E-state index is 11.2. The first-order chi connectivity index (χ1) is 9.24. The predicted molar refractivity (Wildman–Crippen MR) is 93.7 cm³/mol. The first-order valence-electron chi connectivity index (χ1n) is 6.59. The van der Waals surface area contributed by atoms with E-state index in [-0.39, 0.29) is 35.9 Å². The number of carbonyl (C=O) groups is 1. The Morgan fingerprint density at radius 2 is 2.45 bits per heavy atom. The van der Waals surface area contributed by atoms with Crippen molar-refractivity contribution in [3.8, 4) is 0 Å². The van der Waals surface area contributed by atoms with Crippen molar-refractivity contribution in [1.29, 1.82) is 0 Å². The number of halogens is 1. The molecule has 0 spiro atoms. The zero-order valence-corrected chi connectivity index (χ0v) is 14.4. The number of nitrogens with two attached hydrogens (primary N) is 1. The van der Waals surface area contributed by atoms with Gasteiger partial charge in [-0.2, -0.15) is 0 Å². The summed E-state index contributed by atoms with van der Waals surface area (Å²) < 4.78 is 0. The highest BCUT2D eigenvalue weighted by molar-refractivity contribution is 14.0. The summed E-state index contributed by atoms with van der Waals surface area (Å²) in [7, 11) is 0. The summed E-state index contributed by atoms with van der Waals surface area (Å²) in [6, 6.07) is 4.29. The van der Waals surface area contributed by atoms with E-state index >= 15 is 0 Å². The molecular weight excluding hydrogens is 387 g/mol. The van der Waals surface area contributed by atoms with Crippen LogP contribution in [0, 0.1) is 0 Å².